The standard InChI is InChI=1S/C24H25NO2S/c1-2-27-23(26)22(25)18-28-24(19-12-6-3-7-13-19,20-14-8-4-9-15-20)21-16-10-5-11-17-21/h3-17,22H,2,18,25H2,1H3/t22-/m0/s1. The minimum absolute atomic E-state index is 0.332. The fraction of sp³-hybridized carbons (Fsp3) is 0.208. The molecule has 0 aliphatic heterocycles. The van der Waals surface area contributed by atoms with E-state index in [0.29, 0.717) is 12.4 Å². The quantitative estimate of drug-likeness (QED) is 0.450. The van der Waals surface area contributed by atoms with Crippen molar-refractivity contribution in [2.24, 2.45) is 5.73 Å². The Balaban J connectivity index is 2.10. The van der Waals surface area contributed by atoms with Crippen LogP contribution in [0.15, 0.2) is 91.0 Å². The number of benzene rings is 3. The molecule has 144 valence electrons. The Morgan fingerprint density at radius 1 is 0.857 bits per heavy atom. The van der Waals surface area contributed by atoms with E-state index in [4.69, 9.17) is 10.5 Å². The molecule has 0 fully saturated rings. The molecular weight excluding hydrogens is 366 g/mol. The Labute approximate surface area is 170 Å². The zero-order valence-electron chi connectivity index (χ0n) is 16.0. The number of rotatable bonds is 8. The molecule has 0 saturated carbocycles. The van der Waals surface area contributed by atoms with Crippen molar-refractivity contribution in [2.45, 2.75) is 17.7 Å². The molecule has 2 N–H and O–H groups in total. The van der Waals surface area contributed by atoms with E-state index >= 15 is 0 Å². The summed E-state index contributed by atoms with van der Waals surface area (Å²) in [4.78, 5) is 12.1. The summed E-state index contributed by atoms with van der Waals surface area (Å²) in [6, 6.07) is 30.4. The molecule has 0 amide bonds. The lowest BCUT2D eigenvalue weighted by atomic mass is 9.84. The normalized spacial score (nSPS) is 12.4. The molecule has 0 bridgehead atoms. The number of carbonyl (C=O) groups is 1. The highest BCUT2D eigenvalue weighted by Crippen LogP contribution is 2.48. The summed E-state index contributed by atoms with van der Waals surface area (Å²) in [6.45, 7) is 2.12. The van der Waals surface area contributed by atoms with Crippen molar-refractivity contribution in [1.82, 2.24) is 0 Å². The Hall–Kier alpha value is -2.56. The second-order valence-electron chi connectivity index (χ2n) is 6.45. The predicted molar refractivity (Wildman–Crippen MR) is 116 cm³/mol. The molecule has 3 nitrogen and oxygen atoms in total. The molecular formula is C24H25NO2S. The molecule has 0 saturated heterocycles. The lowest BCUT2D eigenvalue weighted by Crippen LogP contribution is -2.37. The van der Waals surface area contributed by atoms with E-state index in [9.17, 15) is 4.79 Å². The first-order valence-electron chi connectivity index (χ1n) is 9.41. The number of ether oxygens (including phenoxy) is 1. The van der Waals surface area contributed by atoms with Crippen molar-refractivity contribution in [1.29, 1.82) is 0 Å². The first-order valence-corrected chi connectivity index (χ1v) is 10.4. The number of thioether (sulfide) groups is 1. The van der Waals surface area contributed by atoms with Gasteiger partial charge in [0.05, 0.1) is 11.4 Å². The zero-order chi connectivity index (χ0) is 19.8. The van der Waals surface area contributed by atoms with E-state index in [1.807, 2.05) is 54.6 Å². The number of carbonyl (C=O) groups excluding carboxylic acids is 1. The van der Waals surface area contributed by atoms with Crippen molar-refractivity contribution in [3.05, 3.63) is 108 Å². The molecule has 0 unspecified atom stereocenters. The summed E-state index contributed by atoms with van der Waals surface area (Å²) in [5.74, 6) is 0.0791. The maximum Gasteiger partial charge on any atom is 0.323 e. The van der Waals surface area contributed by atoms with E-state index < -0.39 is 10.8 Å². The van der Waals surface area contributed by atoms with Crippen LogP contribution in [0.2, 0.25) is 0 Å². The monoisotopic (exact) mass is 391 g/mol. The molecule has 4 heteroatoms. The largest absolute Gasteiger partial charge is 0.465 e. The average Bonchev–Trinajstić information content (AvgIpc) is 2.76. The maximum atomic E-state index is 12.1. The molecule has 3 rings (SSSR count). The number of hydrogen-bond donors (Lipinski definition) is 1. The van der Waals surface area contributed by atoms with Crippen molar-refractivity contribution in [3.63, 3.8) is 0 Å². The minimum Gasteiger partial charge on any atom is -0.465 e. The van der Waals surface area contributed by atoms with Gasteiger partial charge in [0.2, 0.25) is 0 Å². The fourth-order valence-electron chi connectivity index (χ4n) is 3.30. The van der Waals surface area contributed by atoms with Gasteiger partial charge in [-0.3, -0.25) is 4.79 Å². The Kier molecular flexibility index (Phi) is 6.90. The van der Waals surface area contributed by atoms with Gasteiger partial charge in [0.15, 0.2) is 0 Å². The first-order chi connectivity index (χ1) is 13.7. The molecule has 3 aromatic rings. The molecule has 1 atom stereocenters. The molecule has 0 aliphatic rings. The second-order valence-corrected chi connectivity index (χ2v) is 7.68. The maximum absolute atomic E-state index is 12.1. The van der Waals surface area contributed by atoms with E-state index in [1.165, 1.54) is 0 Å². The van der Waals surface area contributed by atoms with E-state index in [-0.39, 0.29) is 5.97 Å². The van der Waals surface area contributed by atoms with E-state index in [0.717, 1.165) is 16.7 Å². The van der Waals surface area contributed by atoms with Gasteiger partial charge < -0.3 is 10.5 Å². The molecule has 0 spiro atoms. The third-order valence-electron chi connectivity index (χ3n) is 4.61. The van der Waals surface area contributed by atoms with Crippen LogP contribution in [0.1, 0.15) is 23.6 Å². The number of nitrogens with two attached hydrogens (primary N) is 1. The van der Waals surface area contributed by atoms with Crippen LogP contribution < -0.4 is 5.73 Å². The van der Waals surface area contributed by atoms with Crippen LogP contribution in [-0.2, 0) is 14.3 Å². The Morgan fingerprint density at radius 2 is 1.25 bits per heavy atom. The minimum atomic E-state index is -0.680. The lowest BCUT2D eigenvalue weighted by molar-refractivity contribution is -0.144. The summed E-state index contributed by atoms with van der Waals surface area (Å²) >= 11 is 1.66. The molecule has 0 radical (unpaired) electrons. The van der Waals surface area contributed by atoms with Crippen LogP contribution in [0.4, 0.5) is 0 Å². The fourth-order valence-corrected chi connectivity index (χ4v) is 4.77. The van der Waals surface area contributed by atoms with Crippen LogP contribution in [0.5, 0.6) is 0 Å². The SMILES string of the molecule is CCOC(=O)[C@@H](N)CSC(c1ccccc1)(c1ccccc1)c1ccccc1. The highest BCUT2D eigenvalue weighted by molar-refractivity contribution is 8.00. The summed E-state index contributed by atoms with van der Waals surface area (Å²) in [5.41, 5.74) is 9.59. The second kappa shape index (κ2) is 9.58. The van der Waals surface area contributed by atoms with Crippen molar-refractivity contribution in [3.8, 4) is 0 Å². The zero-order valence-corrected chi connectivity index (χ0v) is 16.8. The average molecular weight is 392 g/mol. The molecule has 3 aromatic carbocycles. The van der Waals surface area contributed by atoms with Gasteiger partial charge in [-0.15, -0.1) is 11.8 Å². The smallest absolute Gasteiger partial charge is 0.323 e. The first kappa shape index (κ1) is 20.2. The van der Waals surface area contributed by atoms with Crippen LogP contribution in [-0.4, -0.2) is 24.4 Å². The highest BCUT2D eigenvalue weighted by atomic mass is 32.2. The molecule has 0 aromatic heterocycles. The summed E-state index contributed by atoms with van der Waals surface area (Å²) in [7, 11) is 0. The topological polar surface area (TPSA) is 52.3 Å². The molecule has 0 aliphatic carbocycles. The van der Waals surface area contributed by atoms with Crippen LogP contribution in [0.3, 0.4) is 0 Å². The summed E-state index contributed by atoms with van der Waals surface area (Å²) < 4.78 is 4.63. The van der Waals surface area contributed by atoms with Crippen LogP contribution >= 0.6 is 11.8 Å². The summed E-state index contributed by atoms with van der Waals surface area (Å²) in [5, 5.41) is 0. The van der Waals surface area contributed by atoms with Gasteiger partial charge in [0.25, 0.3) is 0 Å². The summed E-state index contributed by atoms with van der Waals surface area (Å²) in [6.07, 6.45) is 0. The van der Waals surface area contributed by atoms with E-state index in [1.54, 1.807) is 18.7 Å². The van der Waals surface area contributed by atoms with Crippen molar-refractivity contribution in [2.75, 3.05) is 12.4 Å². The molecule has 28 heavy (non-hydrogen) atoms. The Bertz CT molecular complexity index is 772. The highest BCUT2D eigenvalue weighted by Gasteiger charge is 2.37. The lowest BCUT2D eigenvalue weighted by Gasteiger charge is -2.36. The number of esters is 1. The van der Waals surface area contributed by atoms with Gasteiger partial charge in [-0.05, 0) is 23.6 Å². The van der Waals surface area contributed by atoms with Gasteiger partial charge in [-0.1, -0.05) is 91.0 Å². The van der Waals surface area contributed by atoms with Crippen molar-refractivity contribution >= 4 is 17.7 Å². The van der Waals surface area contributed by atoms with Gasteiger partial charge >= 0.3 is 5.97 Å². The van der Waals surface area contributed by atoms with Crippen molar-refractivity contribution < 1.29 is 9.53 Å². The number of hydrogen-bond acceptors (Lipinski definition) is 4. The van der Waals surface area contributed by atoms with Crippen LogP contribution in [0.25, 0.3) is 0 Å². The van der Waals surface area contributed by atoms with Gasteiger partial charge in [-0.25, -0.2) is 0 Å². The third-order valence-corrected chi connectivity index (χ3v) is 6.28. The Morgan fingerprint density at radius 3 is 1.61 bits per heavy atom. The van der Waals surface area contributed by atoms with Gasteiger partial charge in [0.1, 0.15) is 6.04 Å². The third kappa shape index (κ3) is 4.29. The van der Waals surface area contributed by atoms with Gasteiger partial charge in [0, 0.05) is 5.75 Å². The molecule has 0 heterocycles. The van der Waals surface area contributed by atoms with Crippen LogP contribution in [0, 0.1) is 0 Å². The van der Waals surface area contributed by atoms with E-state index in [2.05, 4.69) is 36.4 Å². The predicted octanol–water partition coefficient (Wildman–Crippen LogP) is 4.60. The van der Waals surface area contributed by atoms with Gasteiger partial charge in [-0.2, -0.15) is 0 Å².